The van der Waals surface area contributed by atoms with E-state index in [0.717, 1.165) is 48.1 Å². The second-order valence-corrected chi connectivity index (χ2v) is 6.91. The summed E-state index contributed by atoms with van der Waals surface area (Å²) in [6.07, 6.45) is 5.10. The van der Waals surface area contributed by atoms with Crippen molar-refractivity contribution >= 4 is 10.9 Å². The van der Waals surface area contributed by atoms with Crippen LogP contribution in [0.25, 0.3) is 10.9 Å². The van der Waals surface area contributed by atoms with Crippen molar-refractivity contribution in [3.8, 4) is 5.75 Å². The molecular formula is C22H32N2O2. The summed E-state index contributed by atoms with van der Waals surface area (Å²) in [5.74, 6) is 1.16. The van der Waals surface area contributed by atoms with Crippen LogP contribution >= 0.6 is 0 Å². The number of benzene rings is 1. The Morgan fingerprint density at radius 1 is 1.31 bits per heavy atom. The summed E-state index contributed by atoms with van der Waals surface area (Å²) in [7, 11) is 1.65. The van der Waals surface area contributed by atoms with Crippen molar-refractivity contribution in [3.63, 3.8) is 0 Å². The van der Waals surface area contributed by atoms with Crippen LogP contribution in [0.3, 0.4) is 0 Å². The van der Waals surface area contributed by atoms with Crippen molar-refractivity contribution in [1.29, 1.82) is 0 Å². The van der Waals surface area contributed by atoms with E-state index in [1.54, 1.807) is 13.3 Å². The van der Waals surface area contributed by atoms with Crippen LogP contribution in [-0.4, -0.2) is 41.2 Å². The number of hydrogen-bond acceptors (Lipinski definition) is 4. The Labute approximate surface area is 157 Å². The van der Waals surface area contributed by atoms with Crippen LogP contribution in [0.15, 0.2) is 43.1 Å². The molecule has 0 saturated carbocycles. The highest BCUT2D eigenvalue weighted by Crippen LogP contribution is 2.31. The monoisotopic (exact) mass is 356 g/mol. The lowest BCUT2D eigenvalue weighted by molar-refractivity contribution is 0.0417. The molecule has 2 aromatic rings. The van der Waals surface area contributed by atoms with Crippen LogP contribution in [0.4, 0.5) is 0 Å². The summed E-state index contributed by atoms with van der Waals surface area (Å²) in [4.78, 5) is 6.83. The van der Waals surface area contributed by atoms with Crippen molar-refractivity contribution in [2.75, 3.05) is 20.2 Å². The minimum atomic E-state index is -0.582. The van der Waals surface area contributed by atoms with E-state index in [4.69, 9.17) is 4.74 Å². The smallest absolute Gasteiger partial charge is 0.119 e. The fourth-order valence-electron chi connectivity index (χ4n) is 3.54. The zero-order chi connectivity index (χ0) is 19.1. The molecule has 26 heavy (non-hydrogen) atoms. The Morgan fingerprint density at radius 2 is 2.08 bits per heavy atom. The molecule has 0 aliphatic carbocycles. The highest BCUT2D eigenvalue weighted by molar-refractivity contribution is 5.83. The second kappa shape index (κ2) is 9.70. The molecule has 2 rings (SSSR count). The lowest BCUT2D eigenvalue weighted by atomic mass is 9.95. The summed E-state index contributed by atoms with van der Waals surface area (Å²) in [5, 5.41) is 12.2. The third-order valence-corrected chi connectivity index (χ3v) is 4.99. The SMILES string of the molecule is C=CC(C)CN(CCC)C(CC)C(O)c1ccnc2ccc(OC)cc12. The van der Waals surface area contributed by atoms with Crippen LogP contribution in [-0.2, 0) is 0 Å². The average molecular weight is 357 g/mol. The van der Waals surface area contributed by atoms with Gasteiger partial charge in [0, 0.05) is 24.2 Å². The number of pyridine rings is 1. The molecule has 4 heteroatoms. The molecule has 0 bridgehead atoms. The molecule has 0 fully saturated rings. The number of nitrogens with zero attached hydrogens (tertiary/aromatic N) is 2. The number of fused-ring (bicyclic) bond motifs is 1. The van der Waals surface area contributed by atoms with Gasteiger partial charge in [0.05, 0.1) is 18.7 Å². The highest BCUT2D eigenvalue weighted by Gasteiger charge is 2.27. The molecule has 0 saturated heterocycles. The summed E-state index contributed by atoms with van der Waals surface area (Å²) in [6.45, 7) is 12.3. The Balaban J connectivity index is 2.41. The van der Waals surface area contributed by atoms with Crippen molar-refractivity contribution in [3.05, 3.63) is 48.7 Å². The number of aromatic nitrogens is 1. The normalized spacial score (nSPS) is 15.0. The van der Waals surface area contributed by atoms with E-state index >= 15 is 0 Å². The maximum Gasteiger partial charge on any atom is 0.119 e. The van der Waals surface area contributed by atoms with Crippen LogP contribution in [0.2, 0.25) is 0 Å². The number of ether oxygens (including phenoxy) is 1. The lowest BCUT2D eigenvalue weighted by Gasteiger charge is -2.36. The molecule has 0 radical (unpaired) electrons. The van der Waals surface area contributed by atoms with E-state index in [9.17, 15) is 5.11 Å². The number of hydrogen-bond donors (Lipinski definition) is 1. The highest BCUT2D eigenvalue weighted by atomic mass is 16.5. The van der Waals surface area contributed by atoms with E-state index in [1.807, 2.05) is 30.3 Å². The molecule has 1 aromatic carbocycles. The van der Waals surface area contributed by atoms with Gasteiger partial charge < -0.3 is 9.84 Å². The van der Waals surface area contributed by atoms with Gasteiger partial charge in [-0.25, -0.2) is 0 Å². The molecule has 1 aromatic heterocycles. The van der Waals surface area contributed by atoms with E-state index in [0.29, 0.717) is 5.92 Å². The topological polar surface area (TPSA) is 45.6 Å². The van der Waals surface area contributed by atoms with E-state index in [1.165, 1.54) is 0 Å². The van der Waals surface area contributed by atoms with Gasteiger partial charge in [0.2, 0.25) is 0 Å². The Kier molecular flexibility index (Phi) is 7.61. The molecule has 0 spiro atoms. The van der Waals surface area contributed by atoms with Gasteiger partial charge in [-0.05, 0) is 55.1 Å². The zero-order valence-electron chi connectivity index (χ0n) is 16.5. The number of aliphatic hydroxyl groups excluding tert-OH is 1. The molecule has 4 nitrogen and oxygen atoms in total. The van der Waals surface area contributed by atoms with Crippen LogP contribution < -0.4 is 4.74 Å². The summed E-state index contributed by atoms with van der Waals surface area (Å²) >= 11 is 0. The minimum absolute atomic E-state index is 0.0501. The van der Waals surface area contributed by atoms with Gasteiger partial charge in [0.1, 0.15) is 5.75 Å². The molecular weight excluding hydrogens is 324 g/mol. The second-order valence-electron chi connectivity index (χ2n) is 6.91. The Morgan fingerprint density at radius 3 is 2.69 bits per heavy atom. The Hall–Kier alpha value is -1.91. The first-order chi connectivity index (χ1) is 12.5. The maximum atomic E-state index is 11.3. The number of methoxy groups -OCH3 is 1. The molecule has 1 heterocycles. The van der Waals surface area contributed by atoms with Crippen molar-refractivity contribution in [2.45, 2.75) is 45.8 Å². The number of rotatable bonds is 10. The Bertz CT molecular complexity index is 716. The molecule has 142 valence electrons. The summed E-state index contributed by atoms with van der Waals surface area (Å²) < 4.78 is 5.37. The zero-order valence-corrected chi connectivity index (χ0v) is 16.5. The summed E-state index contributed by atoms with van der Waals surface area (Å²) in [5.41, 5.74) is 1.78. The van der Waals surface area contributed by atoms with Gasteiger partial charge in [-0.2, -0.15) is 0 Å². The molecule has 0 amide bonds. The van der Waals surface area contributed by atoms with Gasteiger partial charge in [-0.1, -0.05) is 26.8 Å². The third kappa shape index (κ3) is 4.63. The molecule has 1 N–H and O–H groups in total. The maximum absolute atomic E-state index is 11.3. The minimum Gasteiger partial charge on any atom is -0.497 e. The first kappa shape index (κ1) is 20.4. The number of aliphatic hydroxyl groups is 1. The predicted octanol–water partition coefficient (Wildman–Crippen LogP) is 4.59. The lowest BCUT2D eigenvalue weighted by Crippen LogP contribution is -2.42. The van der Waals surface area contributed by atoms with E-state index < -0.39 is 6.10 Å². The molecule has 3 atom stereocenters. The summed E-state index contributed by atoms with van der Waals surface area (Å²) in [6, 6.07) is 7.78. The third-order valence-electron chi connectivity index (χ3n) is 4.99. The van der Waals surface area contributed by atoms with Gasteiger partial charge in [-0.15, -0.1) is 6.58 Å². The van der Waals surface area contributed by atoms with Gasteiger partial charge in [0.15, 0.2) is 0 Å². The fourth-order valence-corrected chi connectivity index (χ4v) is 3.54. The van der Waals surface area contributed by atoms with Crippen molar-refractivity contribution in [2.24, 2.45) is 5.92 Å². The fraction of sp³-hybridized carbons (Fsp3) is 0.500. The predicted molar refractivity (Wildman–Crippen MR) is 109 cm³/mol. The van der Waals surface area contributed by atoms with E-state index in [2.05, 4.69) is 37.2 Å². The van der Waals surface area contributed by atoms with Crippen LogP contribution in [0, 0.1) is 5.92 Å². The van der Waals surface area contributed by atoms with Gasteiger partial charge in [0.25, 0.3) is 0 Å². The van der Waals surface area contributed by atoms with E-state index in [-0.39, 0.29) is 6.04 Å². The molecule has 0 aliphatic rings. The standard InChI is InChI=1S/C22H32N2O2/c1-6-13-24(15-16(4)7-2)21(8-3)22(25)18-11-12-23-20-10-9-17(26-5)14-19(18)20/h7,9-12,14,16,21-22,25H,2,6,8,13,15H2,1,3-5H3. The first-order valence-corrected chi connectivity index (χ1v) is 9.52. The van der Waals surface area contributed by atoms with Gasteiger partial charge in [-0.3, -0.25) is 9.88 Å². The van der Waals surface area contributed by atoms with Crippen molar-refractivity contribution < 1.29 is 9.84 Å². The molecule has 0 aliphatic heterocycles. The molecule has 3 unspecified atom stereocenters. The first-order valence-electron chi connectivity index (χ1n) is 9.52. The van der Waals surface area contributed by atoms with Gasteiger partial charge >= 0.3 is 0 Å². The van der Waals surface area contributed by atoms with Crippen molar-refractivity contribution in [1.82, 2.24) is 9.88 Å². The largest absolute Gasteiger partial charge is 0.497 e. The average Bonchev–Trinajstić information content (AvgIpc) is 2.67. The van der Waals surface area contributed by atoms with Crippen LogP contribution in [0.5, 0.6) is 5.75 Å². The quantitative estimate of drug-likeness (QED) is 0.633. The van der Waals surface area contributed by atoms with Crippen LogP contribution in [0.1, 0.15) is 45.3 Å².